The first-order valence-electron chi connectivity index (χ1n) is 13.6. The van der Waals surface area contributed by atoms with Crippen LogP contribution in [-0.4, -0.2) is 43.1 Å². The van der Waals surface area contributed by atoms with Crippen molar-refractivity contribution in [2.24, 2.45) is 0 Å². The van der Waals surface area contributed by atoms with Crippen molar-refractivity contribution in [3.05, 3.63) is 12.7 Å². The van der Waals surface area contributed by atoms with Crippen LogP contribution in [0.1, 0.15) is 52.4 Å². The van der Waals surface area contributed by atoms with Gasteiger partial charge in [-0.2, -0.15) is 21.0 Å². The standard InChI is InChI=1S/C12H24N2OSi2.C6H12FNSi.C4H5N.C4H14OSi2.CH4.FH.Pt/c1-16(2,11-7-5-9-13)15-17(3,4)12-8-6-10-14;1-9(2,7)6-4-3-5-8;1-2-3-4-5;1-6(2)5-7(3)4;;;/h5-8,11-12H2,1-4H3;3-4,6H2,1-2H3;2H,1,3H2;6-7H,1-4H3;1H4;1H;. The first-order valence-corrected chi connectivity index (χ1v) is 28.4. The molecule has 0 heterocycles. The van der Waals surface area contributed by atoms with E-state index in [1.807, 2.05) is 12.1 Å². The van der Waals surface area contributed by atoms with Crippen molar-refractivity contribution < 1.29 is 38.1 Å². The molecule has 14 heteroatoms. The van der Waals surface area contributed by atoms with E-state index < -0.39 is 43.1 Å². The second kappa shape index (κ2) is 35.4. The Kier molecular flexibility index (Phi) is 48.5. The van der Waals surface area contributed by atoms with Crippen LogP contribution in [0.3, 0.4) is 0 Å². The van der Waals surface area contributed by atoms with Crippen molar-refractivity contribution in [3.8, 4) is 24.3 Å². The Bertz CT molecular complexity index is 723. The SMILES string of the molecule is C.C=CCC#N.C[SiH](C)O[SiH](C)C.C[Si](C)(CCCC#N)O[Si](C)(C)CCCC#N.C[Si](C)(F)CCCC#N.F.[Pt]. The summed E-state index contributed by atoms with van der Waals surface area (Å²) in [6.07, 6.45) is 6.44. The number of rotatable bonds is 14. The van der Waals surface area contributed by atoms with E-state index >= 15 is 0 Å². The molecule has 0 amide bonds. The van der Waals surface area contributed by atoms with Gasteiger partial charge in [0, 0.05) is 40.3 Å². The van der Waals surface area contributed by atoms with Crippen LogP contribution in [0.2, 0.25) is 83.6 Å². The molecule has 0 bridgehead atoms. The third kappa shape index (κ3) is 63.7. The quantitative estimate of drug-likeness (QED) is 0.0746. The Labute approximate surface area is 273 Å². The Morgan fingerprint density at radius 2 is 1.02 bits per heavy atom. The van der Waals surface area contributed by atoms with Gasteiger partial charge in [0.25, 0.3) is 0 Å². The van der Waals surface area contributed by atoms with Crippen LogP contribution in [0.4, 0.5) is 8.81 Å². The fraction of sp³-hybridized carbons (Fsp3) is 0.778. The molecule has 0 radical (unpaired) electrons. The largest absolute Gasteiger partial charge is 0.461 e. The smallest absolute Gasteiger partial charge is 0.241 e. The molecule has 6 nitrogen and oxygen atoms in total. The molecule has 0 aromatic rings. The van der Waals surface area contributed by atoms with E-state index in [4.69, 9.17) is 29.3 Å². The normalized spacial score (nSPS) is 9.88. The molecule has 0 aliphatic rings. The van der Waals surface area contributed by atoms with Gasteiger partial charge in [-0.15, -0.1) is 6.58 Å². The molecule has 0 aliphatic heterocycles. The zero-order valence-electron chi connectivity index (χ0n) is 26.7. The van der Waals surface area contributed by atoms with Gasteiger partial charge in [-0.3, -0.25) is 4.70 Å². The number of unbranched alkanes of at least 4 members (excludes halogenated alkanes) is 3. The molecule has 0 saturated carbocycles. The van der Waals surface area contributed by atoms with Gasteiger partial charge in [0.1, 0.15) is 0 Å². The molecular formula is C27H60F2N4O2PtSi5. The average molecular weight is 846 g/mol. The first kappa shape index (κ1) is 56.1. The second-order valence-electron chi connectivity index (χ2n) is 11.3. The molecular weight excluding hydrogens is 786 g/mol. The van der Waals surface area contributed by atoms with E-state index in [-0.39, 0.29) is 33.2 Å². The Morgan fingerprint density at radius 3 is 1.20 bits per heavy atom. The van der Waals surface area contributed by atoms with Crippen LogP contribution in [0.5, 0.6) is 0 Å². The van der Waals surface area contributed by atoms with Gasteiger partial charge < -0.3 is 12.3 Å². The van der Waals surface area contributed by atoms with Crippen molar-refractivity contribution in [1.29, 1.82) is 21.0 Å². The minimum absolute atomic E-state index is 0. The molecule has 0 aromatic carbocycles. The summed E-state index contributed by atoms with van der Waals surface area (Å²) in [5.74, 6) is 0. The zero-order valence-corrected chi connectivity index (χ0v) is 34.3. The van der Waals surface area contributed by atoms with E-state index in [0.717, 1.165) is 31.4 Å². The van der Waals surface area contributed by atoms with Gasteiger partial charge in [-0.1, -0.05) is 13.5 Å². The van der Waals surface area contributed by atoms with Crippen LogP contribution in [0.25, 0.3) is 0 Å². The fourth-order valence-electron chi connectivity index (χ4n) is 3.23. The Morgan fingerprint density at radius 1 is 0.707 bits per heavy atom. The van der Waals surface area contributed by atoms with Crippen molar-refractivity contribution in [3.63, 3.8) is 0 Å². The predicted molar refractivity (Wildman–Crippen MR) is 182 cm³/mol. The van der Waals surface area contributed by atoms with Gasteiger partial charge >= 0.3 is 0 Å². The molecule has 0 atom stereocenters. The number of nitriles is 4. The minimum atomic E-state index is -2.35. The third-order valence-electron chi connectivity index (χ3n) is 4.53. The summed E-state index contributed by atoms with van der Waals surface area (Å²) in [6.45, 7) is 24.5. The average Bonchev–Trinajstić information content (AvgIpc) is 2.73. The summed E-state index contributed by atoms with van der Waals surface area (Å²) < 4.78 is 24.6. The summed E-state index contributed by atoms with van der Waals surface area (Å²) in [4.78, 5) is 0. The van der Waals surface area contributed by atoms with E-state index in [1.165, 1.54) is 0 Å². The monoisotopic (exact) mass is 845 g/mol. The number of halogens is 2. The maximum atomic E-state index is 12.7. The molecule has 244 valence electrons. The summed E-state index contributed by atoms with van der Waals surface area (Å²) in [7, 11) is -6.90. The number of nitrogens with zero attached hydrogens (tertiary/aromatic N) is 4. The van der Waals surface area contributed by atoms with Gasteiger partial charge in [-0.25, -0.2) is 0 Å². The van der Waals surface area contributed by atoms with Crippen LogP contribution in [-0.2, 0) is 29.3 Å². The molecule has 0 N–H and O–H groups in total. The molecule has 0 aromatic heterocycles. The minimum Gasteiger partial charge on any atom is -0.461 e. The van der Waals surface area contributed by atoms with E-state index in [1.54, 1.807) is 19.2 Å². The van der Waals surface area contributed by atoms with Crippen LogP contribution >= 0.6 is 0 Å². The molecule has 0 spiro atoms. The van der Waals surface area contributed by atoms with Crippen LogP contribution < -0.4 is 0 Å². The molecule has 0 saturated heterocycles. The van der Waals surface area contributed by atoms with E-state index in [9.17, 15) is 4.11 Å². The van der Waals surface area contributed by atoms with Crippen LogP contribution in [0.15, 0.2) is 12.7 Å². The maximum absolute atomic E-state index is 12.7. The molecule has 0 rings (SSSR count). The number of hydrogen-bond donors (Lipinski definition) is 0. The molecule has 41 heavy (non-hydrogen) atoms. The Balaban J connectivity index is -0.0000000819. The van der Waals surface area contributed by atoms with Crippen LogP contribution in [0, 0.1) is 45.3 Å². The van der Waals surface area contributed by atoms with Crippen molar-refractivity contribution >= 4 is 43.1 Å². The summed E-state index contributed by atoms with van der Waals surface area (Å²) in [5, 5.41) is 32.9. The van der Waals surface area contributed by atoms with E-state index in [0.29, 0.717) is 31.7 Å². The molecule has 0 aliphatic carbocycles. The summed E-state index contributed by atoms with van der Waals surface area (Å²) in [6, 6.07) is 11.0. The van der Waals surface area contributed by atoms with Gasteiger partial charge in [-0.05, 0) is 103 Å². The van der Waals surface area contributed by atoms with Crippen molar-refractivity contribution in [1.82, 2.24) is 0 Å². The number of hydrogen-bond acceptors (Lipinski definition) is 6. The Hall–Kier alpha value is -0.747. The fourth-order valence-corrected chi connectivity index (χ4v) is 17.5. The topological polar surface area (TPSA) is 114 Å². The first-order chi connectivity index (χ1) is 17.4. The van der Waals surface area contributed by atoms with Crippen molar-refractivity contribution in [2.75, 3.05) is 0 Å². The van der Waals surface area contributed by atoms with Gasteiger partial charge in [0.05, 0.1) is 30.7 Å². The zero-order chi connectivity index (χ0) is 30.7. The van der Waals surface area contributed by atoms with Crippen molar-refractivity contribution in [2.45, 2.75) is 136 Å². The second-order valence-corrected chi connectivity index (χ2v) is 29.3. The summed E-state index contributed by atoms with van der Waals surface area (Å²) in [5.41, 5.74) is 0. The predicted octanol–water partition coefficient (Wildman–Crippen LogP) is 9.33. The third-order valence-corrected chi connectivity index (χ3v) is 18.0. The molecule has 0 unspecified atom stereocenters. The molecule has 0 fully saturated rings. The van der Waals surface area contributed by atoms with E-state index in [2.05, 4.69) is 71.1 Å². The number of allylic oxidation sites excluding steroid dienone is 1. The summed E-state index contributed by atoms with van der Waals surface area (Å²) >= 11 is 0. The van der Waals surface area contributed by atoms with Gasteiger partial charge in [0.15, 0.2) is 34.7 Å². The maximum Gasteiger partial charge on any atom is 0.241 e. The van der Waals surface area contributed by atoms with Gasteiger partial charge in [0.2, 0.25) is 8.41 Å².